The molecule has 0 bridgehead atoms. The minimum absolute atomic E-state index is 0.460. The lowest BCUT2D eigenvalue weighted by molar-refractivity contribution is 0.441. The Morgan fingerprint density at radius 3 is 2.75 bits per heavy atom. The van der Waals surface area contributed by atoms with Crippen molar-refractivity contribution in [1.29, 1.82) is 0 Å². The molecule has 0 fully saturated rings. The topological polar surface area (TPSA) is 24.9 Å². The first-order valence-electron chi connectivity index (χ1n) is 7.78. The summed E-state index contributed by atoms with van der Waals surface area (Å²) in [5.74, 6) is 0.753. The normalized spacial score (nSPS) is 13.0. The van der Waals surface area contributed by atoms with Crippen LogP contribution in [-0.2, 0) is 0 Å². The summed E-state index contributed by atoms with van der Waals surface area (Å²) in [6.45, 7) is 7.88. The second-order valence-electron chi connectivity index (χ2n) is 5.93. The molecule has 0 aliphatic heterocycles. The summed E-state index contributed by atoms with van der Waals surface area (Å²) in [5, 5.41) is 4.92. The summed E-state index contributed by atoms with van der Waals surface area (Å²) < 4.78 is 0. The van der Waals surface area contributed by atoms with Crippen molar-refractivity contribution >= 4 is 10.9 Å². The smallest absolute Gasteiger partial charge is 0.0702 e. The molecule has 1 aromatic carbocycles. The van der Waals surface area contributed by atoms with E-state index in [2.05, 4.69) is 55.3 Å². The number of benzene rings is 1. The van der Waals surface area contributed by atoms with Crippen LogP contribution in [0, 0.1) is 5.92 Å². The average molecular weight is 270 g/mol. The molecule has 0 radical (unpaired) electrons. The Bertz CT molecular complexity index is 534. The van der Waals surface area contributed by atoms with Crippen molar-refractivity contribution in [3.8, 4) is 0 Å². The van der Waals surface area contributed by atoms with Gasteiger partial charge in [0.1, 0.15) is 0 Å². The maximum atomic E-state index is 4.40. The molecule has 108 valence electrons. The zero-order valence-electron chi connectivity index (χ0n) is 12.9. The summed E-state index contributed by atoms with van der Waals surface area (Å²) in [5.41, 5.74) is 2.47. The molecule has 1 heterocycles. The van der Waals surface area contributed by atoms with Gasteiger partial charge in [0.05, 0.1) is 5.52 Å². The van der Waals surface area contributed by atoms with Crippen molar-refractivity contribution < 1.29 is 0 Å². The quantitative estimate of drug-likeness (QED) is 0.788. The number of pyridine rings is 1. The maximum absolute atomic E-state index is 4.40. The number of aromatic nitrogens is 1. The van der Waals surface area contributed by atoms with Crippen LogP contribution in [0.1, 0.15) is 51.6 Å². The third-order valence-electron chi connectivity index (χ3n) is 3.70. The molecule has 0 amide bonds. The average Bonchev–Trinajstić information content (AvgIpc) is 2.46. The number of nitrogens with one attached hydrogen (secondary N) is 1. The zero-order chi connectivity index (χ0) is 14.4. The van der Waals surface area contributed by atoms with E-state index in [1.165, 1.54) is 30.2 Å². The van der Waals surface area contributed by atoms with E-state index < -0.39 is 0 Å². The lowest BCUT2D eigenvalue weighted by Crippen LogP contribution is -2.22. The Hall–Kier alpha value is -1.41. The Balaban J connectivity index is 2.19. The van der Waals surface area contributed by atoms with Gasteiger partial charge in [-0.05, 0) is 55.5 Å². The molecule has 0 aliphatic rings. The van der Waals surface area contributed by atoms with Crippen molar-refractivity contribution in [2.75, 3.05) is 6.54 Å². The van der Waals surface area contributed by atoms with E-state index >= 15 is 0 Å². The van der Waals surface area contributed by atoms with E-state index in [1.807, 2.05) is 12.3 Å². The fraction of sp³-hybridized carbons (Fsp3) is 0.500. The lowest BCUT2D eigenvalue weighted by Gasteiger charge is -2.20. The summed E-state index contributed by atoms with van der Waals surface area (Å²) in [7, 11) is 0. The number of hydrogen-bond acceptors (Lipinski definition) is 2. The molecular weight excluding hydrogens is 244 g/mol. The summed E-state index contributed by atoms with van der Waals surface area (Å²) in [4.78, 5) is 4.40. The number of hydrogen-bond donors (Lipinski definition) is 1. The van der Waals surface area contributed by atoms with E-state index in [1.54, 1.807) is 0 Å². The number of rotatable bonds is 7. The van der Waals surface area contributed by atoms with Crippen molar-refractivity contribution in [1.82, 2.24) is 10.3 Å². The van der Waals surface area contributed by atoms with Crippen LogP contribution in [0.15, 0.2) is 36.5 Å². The maximum Gasteiger partial charge on any atom is 0.0702 e. The standard InChI is InChI=1S/C18H26N2/c1-4-11-19-17(9-7-14(2)3)16-8-10-18-15(13-16)6-5-12-20-18/h5-6,8,10,12-14,17,19H,4,7,9,11H2,1-3H3. The molecule has 1 aromatic heterocycles. The fourth-order valence-electron chi connectivity index (χ4n) is 2.52. The van der Waals surface area contributed by atoms with Crippen LogP contribution in [0.2, 0.25) is 0 Å². The minimum Gasteiger partial charge on any atom is -0.310 e. The Morgan fingerprint density at radius 1 is 1.15 bits per heavy atom. The van der Waals surface area contributed by atoms with Crippen molar-refractivity contribution in [3.63, 3.8) is 0 Å². The van der Waals surface area contributed by atoms with Crippen molar-refractivity contribution in [3.05, 3.63) is 42.1 Å². The molecule has 0 aliphatic carbocycles. The first kappa shape index (κ1) is 15.0. The predicted molar refractivity (Wildman–Crippen MR) is 86.8 cm³/mol. The van der Waals surface area contributed by atoms with Crippen molar-refractivity contribution in [2.24, 2.45) is 5.92 Å². The second-order valence-corrected chi connectivity index (χ2v) is 5.93. The van der Waals surface area contributed by atoms with Crippen LogP contribution in [0.3, 0.4) is 0 Å². The van der Waals surface area contributed by atoms with Crippen LogP contribution >= 0.6 is 0 Å². The fourth-order valence-corrected chi connectivity index (χ4v) is 2.52. The minimum atomic E-state index is 0.460. The van der Waals surface area contributed by atoms with E-state index in [4.69, 9.17) is 0 Å². The molecule has 20 heavy (non-hydrogen) atoms. The first-order chi connectivity index (χ1) is 9.70. The monoisotopic (exact) mass is 270 g/mol. The van der Waals surface area contributed by atoms with E-state index in [0.29, 0.717) is 6.04 Å². The molecule has 2 aromatic rings. The van der Waals surface area contributed by atoms with Gasteiger partial charge in [0.15, 0.2) is 0 Å². The predicted octanol–water partition coefficient (Wildman–Crippen LogP) is 4.71. The molecule has 0 spiro atoms. The number of fused-ring (bicyclic) bond motifs is 1. The van der Waals surface area contributed by atoms with Crippen LogP contribution in [-0.4, -0.2) is 11.5 Å². The van der Waals surface area contributed by atoms with Gasteiger partial charge in [0.25, 0.3) is 0 Å². The highest BCUT2D eigenvalue weighted by atomic mass is 14.9. The van der Waals surface area contributed by atoms with E-state index in [-0.39, 0.29) is 0 Å². The third kappa shape index (κ3) is 4.04. The van der Waals surface area contributed by atoms with E-state index in [9.17, 15) is 0 Å². The Morgan fingerprint density at radius 2 is 2.00 bits per heavy atom. The van der Waals surface area contributed by atoms with Gasteiger partial charge in [-0.1, -0.05) is 32.9 Å². The van der Waals surface area contributed by atoms with Gasteiger partial charge in [-0.15, -0.1) is 0 Å². The molecule has 1 N–H and O–H groups in total. The Labute approximate surface area is 122 Å². The van der Waals surface area contributed by atoms with Crippen molar-refractivity contribution in [2.45, 2.75) is 46.1 Å². The van der Waals surface area contributed by atoms with Gasteiger partial charge >= 0.3 is 0 Å². The molecule has 2 rings (SSSR count). The SMILES string of the molecule is CCCNC(CCC(C)C)c1ccc2ncccc2c1. The van der Waals surface area contributed by atoms with Gasteiger partial charge in [0.2, 0.25) is 0 Å². The third-order valence-corrected chi connectivity index (χ3v) is 3.70. The van der Waals surface area contributed by atoms with Gasteiger partial charge in [0, 0.05) is 17.6 Å². The van der Waals surface area contributed by atoms with Crippen LogP contribution in [0.5, 0.6) is 0 Å². The second kappa shape index (κ2) is 7.39. The molecule has 1 unspecified atom stereocenters. The largest absolute Gasteiger partial charge is 0.310 e. The molecule has 0 saturated heterocycles. The van der Waals surface area contributed by atoms with Crippen LogP contribution in [0.4, 0.5) is 0 Å². The Kier molecular flexibility index (Phi) is 5.54. The van der Waals surface area contributed by atoms with Gasteiger partial charge in [-0.2, -0.15) is 0 Å². The highest BCUT2D eigenvalue weighted by molar-refractivity contribution is 5.79. The highest BCUT2D eigenvalue weighted by Gasteiger charge is 2.12. The summed E-state index contributed by atoms with van der Waals surface area (Å²) in [6, 6.07) is 11.3. The highest BCUT2D eigenvalue weighted by Crippen LogP contribution is 2.24. The summed E-state index contributed by atoms with van der Waals surface area (Å²) >= 11 is 0. The van der Waals surface area contributed by atoms with Gasteiger partial charge < -0.3 is 5.32 Å². The van der Waals surface area contributed by atoms with E-state index in [0.717, 1.165) is 18.0 Å². The molecule has 0 saturated carbocycles. The van der Waals surface area contributed by atoms with Gasteiger partial charge in [-0.3, -0.25) is 4.98 Å². The molecule has 1 atom stereocenters. The molecule has 2 heteroatoms. The first-order valence-corrected chi connectivity index (χ1v) is 7.78. The van der Waals surface area contributed by atoms with Crippen LogP contribution in [0.25, 0.3) is 10.9 Å². The zero-order valence-corrected chi connectivity index (χ0v) is 12.9. The lowest BCUT2D eigenvalue weighted by atomic mass is 9.96. The van der Waals surface area contributed by atoms with Gasteiger partial charge in [-0.25, -0.2) is 0 Å². The molecular formula is C18H26N2. The van der Waals surface area contributed by atoms with Crippen LogP contribution < -0.4 is 5.32 Å². The summed E-state index contributed by atoms with van der Waals surface area (Å²) in [6.07, 6.45) is 5.48. The number of nitrogens with zero attached hydrogens (tertiary/aromatic N) is 1. The molecule has 2 nitrogen and oxygen atoms in total.